The summed E-state index contributed by atoms with van der Waals surface area (Å²) >= 11 is 0. The van der Waals surface area contributed by atoms with E-state index in [1.165, 1.54) is 7.11 Å². The third-order valence-corrected chi connectivity index (χ3v) is 2.74. The molecule has 17 heavy (non-hydrogen) atoms. The molecule has 0 aromatic rings. The molecule has 0 aromatic carbocycles. The normalized spacial score (nSPS) is 42.5. The second-order valence-corrected chi connectivity index (χ2v) is 3.90. The van der Waals surface area contributed by atoms with Crippen LogP contribution in [-0.2, 0) is 14.3 Å². The first-order valence-corrected chi connectivity index (χ1v) is 5.03. The summed E-state index contributed by atoms with van der Waals surface area (Å²) in [6, 6.07) is -1.53. The molecule has 0 aromatic heterocycles. The van der Waals surface area contributed by atoms with E-state index in [0.29, 0.717) is 0 Å². The quantitative estimate of drug-likeness (QED) is 0.344. The number of carbonyl (C=O) groups excluding carboxylic acids is 1. The summed E-state index contributed by atoms with van der Waals surface area (Å²) in [7, 11) is 1.24. The molecule has 8 heteroatoms. The minimum absolute atomic E-state index is 0.467. The fraction of sp³-hybridized carbons (Fsp3) is 0.889. The number of ketones is 1. The SMILES string of the molecule is COCC(=O)C1(O)O[C@H](CO)[C@@H](O)[C@H](O)[C@H]1N. The average molecular weight is 251 g/mol. The van der Waals surface area contributed by atoms with Crippen LogP contribution >= 0.6 is 0 Å². The molecule has 1 saturated heterocycles. The second-order valence-electron chi connectivity index (χ2n) is 3.90. The van der Waals surface area contributed by atoms with Crippen molar-refractivity contribution in [3.63, 3.8) is 0 Å². The maximum atomic E-state index is 11.6. The van der Waals surface area contributed by atoms with Crippen LogP contribution in [0.15, 0.2) is 0 Å². The van der Waals surface area contributed by atoms with Gasteiger partial charge in [-0.25, -0.2) is 0 Å². The Morgan fingerprint density at radius 2 is 2.06 bits per heavy atom. The van der Waals surface area contributed by atoms with Gasteiger partial charge in [-0.1, -0.05) is 0 Å². The highest BCUT2D eigenvalue weighted by atomic mass is 16.7. The molecule has 0 radical (unpaired) electrons. The lowest BCUT2D eigenvalue weighted by atomic mass is 9.88. The van der Waals surface area contributed by atoms with Crippen LogP contribution < -0.4 is 5.73 Å². The van der Waals surface area contributed by atoms with Crippen molar-refractivity contribution in [2.24, 2.45) is 5.73 Å². The number of nitrogens with two attached hydrogens (primary N) is 1. The van der Waals surface area contributed by atoms with Crippen molar-refractivity contribution in [3.8, 4) is 0 Å². The molecule has 1 fully saturated rings. The lowest BCUT2D eigenvalue weighted by Crippen LogP contribution is -2.71. The first kappa shape index (κ1) is 14.5. The number of hydrogen-bond donors (Lipinski definition) is 5. The molecule has 1 heterocycles. The van der Waals surface area contributed by atoms with Crippen molar-refractivity contribution in [1.29, 1.82) is 0 Å². The molecule has 0 spiro atoms. The van der Waals surface area contributed by atoms with Gasteiger partial charge in [0, 0.05) is 7.11 Å². The third kappa shape index (κ3) is 2.47. The summed E-state index contributed by atoms with van der Waals surface area (Å²) in [5.41, 5.74) is 5.45. The summed E-state index contributed by atoms with van der Waals surface area (Å²) in [4.78, 5) is 11.6. The van der Waals surface area contributed by atoms with E-state index in [1.807, 2.05) is 0 Å². The maximum Gasteiger partial charge on any atom is 0.247 e. The number of carbonyl (C=O) groups is 1. The summed E-state index contributed by atoms with van der Waals surface area (Å²) in [5, 5.41) is 38.0. The van der Waals surface area contributed by atoms with Crippen molar-refractivity contribution in [2.75, 3.05) is 20.3 Å². The first-order chi connectivity index (χ1) is 7.88. The van der Waals surface area contributed by atoms with E-state index < -0.39 is 49.1 Å². The number of hydrogen-bond acceptors (Lipinski definition) is 8. The average Bonchev–Trinajstić information content (AvgIpc) is 2.31. The summed E-state index contributed by atoms with van der Waals surface area (Å²) < 4.78 is 9.42. The van der Waals surface area contributed by atoms with Crippen LogP contribution in [0.1, 0.15) is 0 Å². The molecule has 6 N–H and O–H groups in total. The third-order valence-electron chi connectivity index (χ3n) is 2.74. The van der Waals surface area contributed by atoms with E-state index >= 15 is 0 Å². The van der Waals surface area contributed by atoms with Crippen LogP contribution in [0, 0.1) is 0 Å². The smallest absolute Gasteiger partial charge is 0.247 e. The fourth-order valence-electron chi connectivity index (χ4n) is 1.67. The molecule has 0 bridgehead atoms. The highest BCUT2D eigenvalue weighted by molar-refractivity contribution is 5.87. The number of methoxy groups -OCH3 is 1. The predicted molar refractivity (Wildman–Crippen MR) is 53.8 cm³/mol. The Morgan fingerprint density at radius 1 is 1.47 bits per heavy atom. The van der Waals surface area contributed by atoms with Crippen LogP contribution in [0.5, 0.6) is 0 Å². The summed E-state index contributed by atoms with van der Waals surface area (Å²) in [6.07, 6.45) is -4.37. The van der Waals surface area contributed by atoms with Crippen LogP contribution in [-0.4, -0.2) is 76.7 Å². The number of aliphatic hydroxyl groups is 4. The van der Waals surface area contributed by atoms with Gasteiger partial charge in [0.2, 0.25) is 11.6 Å². The van der Waals surface area contributed by atoms with Gasteiger partial charge in [-0.2, -0.15) is 0 Å². The lowest BCUT2D eigenvalue weighted by Gasteiger charge is -2.44. The zero-order valence-corrected chi connectivity index (χ0v) is 9.31. The number of aliphatic hydroxyl groups excluding tert-OH is 3. The van der Waals surface area contributed by atoms with Crippen LogP contribution in [0.25, 0.3) is 0 Å². The van der Waals surface area contributed by atoms with Gasteiger partial charge in [0.1, 0.15) is 24.9 Å². The summed E-state index contributed by atoms with van der Waals surface area (Å²) in [6.45, 7) is -1.14. The molecule has 0 saturated carbocycles. The lowest BCUT2D eigenvalue weighted by molar-refractivity contribution is -0.298. The molecule has 1 aliphatic heterocycles. The van der Waals surface area contributed by atoms with Crippen molar-refractivity contribution >= 4 is 5.78 Å². The number of rotatable bonds is 4. The molecule has 0 aliphatic carbocycles. The second kappa shape index (κ2) is 5.36. The van der Waals surface area contributed by atoms with Gasteiger partial charge in [-0.3, -0.25) is 4.79 Å². The maximum absolute atomic E-state index is 11.6. The van der Waals surface area contributed by atoms with Gasteiger partial charge >= 0.3 is 0 Å². The van der Waals surface area contributed by atoms with Gasteiger partial charge in [0.05, 0.1) is 12.6 Å². The fourth-order valence-corrected chi connectivity index (χ4v) is 1.67. The van der Waals surface area contributed by atoms with E-state index in [9.17, 15) is 20.1 Å². The zero-order valence-electron chi connectivity index (χ0n) is 9.31. The minimum Gasteiger partial charge on any atom is -0.394 e. The van der Waals surface area contributed by atoms with Gasteiger partial charge in [-0.15, -0.1) is 0 Å². The molecule has 1 aliphatic rings. The van der Waals surface area contributed by atoms with Crippen molar-refractivity contribution in [1.82, 2.24) is 0 Å². The van der Waals surface area contributed by atoms with Crippen LogP contribution in [0.2, 0.25) is 0 Å². The predicted octanol–water partition coefficient (Wildman–Crippen LogP) is -3.67. The minimum atomic E-state index is -2.48. The van der Waals surface area contributed by atoms with Crippen molar-refractivity contribution in [2.45, 2.75) is 30.1 Å². The summed E-state index contributed by atoms with van der Waals surface area (Å²) in [5.74, 6) is -3.38. The van der Waals surface area contributed by atoms with Crippen molar-refractivity contribution < 1.29 is 34.7 Å². The Hall–Kier alpha value is -0.610. The highest BCUT2D eigenvalue weighted by Gasteiger charge is 2.55. The monoisotopic (exact) mass is 251 g/mol. The standard InChI is InChI=1S/C9H17NO7/c1-16-3-5(12)9(15)8(10)7(14)6(13)4(2-11)17-9/h4,6-8,11,13-15H,2-3,10H2,1H3/t4-,6-,7+,8-,9?/m1/s1. The molecule has 5 atom stereocenters. The zero-order chi connectivity index (χ0) is 13.2. The molecule has 100 valence electrons. The Kier molecular flexibility index (Phi) is 4.55. The largest absolute Gasteiger partial charge is 0.394 e. The molecule has 1 rings (SSSR count). The Labute approximate surface area is 97.6 Å². The molecule has 0 amide bonds. The Bertz CT molecular complexity index is 285. The van der Waals surface area contributed by atoms with Gasteiger partial charge in [0.25, 0.3) is 0 Å². The van der Waals surface area contributed by atoms with Gasteiger partial charge in [0.15, 0.2) is 0 Å². The van der Waals surface area contributed by atoms with Crippen LogP contribution in [0.3, 0.4) is 0 Å². The Balaban J connectivity index is 2.94. The molecule has 1 unspecified atom stereocenters. The van der Waals surface area contributed by atoms with E-state index in [4.69, 9.17) is 15.6 Å². The Morgan fingerprint density at radius 3 is 2.53 bits per heavy atom. The topological polar surface area (TPSA) is 142 Å². The van der Waals surface area contributed by atoms with Gasteiger partial charge < -0.3 is 35.6 Å². The molecular weight excluding hydrogens is 234 g/mol. The highest BCUT2D eigenvalue weighted by Crippen LogP contribution is 2.27. The molecule has 8 nitrogen and oxygen atoms in total. The number of ether oxygens (including phenoxy) is 2. The van der Waals surface area contributed by atoms with Crippen molar-refractivity contribution in [3.05, 3.63) is 0 Å². The van der Waals surface area contributed by atoms with E-state index in [0.717, 1.165) is 0 Å². The van der Waals surface area contributed by atoms with Gasteiger partial charge in [-0.05, 0) is 0 Å². The number of Topliss-reactive ketones (excluding diaryl/α,β-unsaturated/α-hetero) is 1. The van der Waals surface area contributed by atoms with Crippen LogP contribution in [0.4, 0.5) is 0 Å². The van der Waals surface area contributed by atoms with E-state index in [1.54, 1.807) is 0 Å². The van der Waals surface area contributed by atoms with E-state index in [2.05, 4.69) is 4.74 Å². The van der Waals surface area contributed by atoms with E-state index in [-0.39, 0.29) is 0 Å². The molecular formula is C9H17NO7. The first-order valence-electron chi connectivity index (χ1n) is 5.03.